The summed E-state index contributed by atoms with van der Waals surface area (Å²) in [6.07, 6.45) is 2.08. The van der Waals surface area contributed by atoms with E-state index in [0.29, 0.717) is 23.8 Å². The molecule has 0 aromatic heterocycles. The van der Waals surface area contributed by atoms with Gasteiger partial charge in [-0.3, -0.25) is 4.79 Å². The number of nitriles is 1. The number of amides is 1. The van der Waals surface area contributed by atoms with Gasteiger partial charge in [0.05, 0.1) is 11.6 Å². The topological polar surface area (TPSA) is 62.1 Å². The normalized spacial score (nSPS) is 10.2. The molecule has 0 aliphatic heterocycles. The first-order chi connectivity index (χ1) is 9.11. The zero-order valence-corrected chi connectivity index (χ0v) is 11.5. The van der Waals surface area contributed by atoms with Gasteiger partial charge in [-0.1, -0.05) is 13.8 Å². The average molecular weight is 260 g/mol. The van der Waals surface area contributed by atoms with E-state index in [2.05, 4.69) is 19.2 Å². The second-order valence-corrected chi connectivity index (χ2v) is 4.83. The third-order valence-corrected chi connectivity index (χ3v) is 2.60. The lowest BCUT2D eigenvalue weighted by molar-refractivity contribution is -0.120. The van der Waals surface area contributed by atoms with Crippen LogP contribution in [-0.2, 0) is 9.53 Å². The molecule has 4 heteroatoms. The van der Waals surface area contributed by atoms with Gasteiger partial charge in [0, 0.05) is 12.3 Å². The van der Waals surface area contributed by atoms with Gasteiger partial charge in [0.15, 0.2) is 0 Å². The number of nitrogens with zero attached hydrogens (tertiary/aromatic N) is 1. The quantitative estimate of drug-likeness (QED) is 0.767. The number of ether oxygens (including phenoxy) is 1. The van der Waals surface area contributed by atoms with Crippen LogP contribution in [0.4, 0.5) is 5.69 Å². The summed E-state index contributed by atoms with van der Waals surface area (Å²) in [6.45, 7) is 5.01. The van der Waals surface area contributed by atoms with E-state index >= 15 is 0 Å². The average Bonchev–Trinajstić information content (AvgIpc) is 2.39. The molecule has 0 saturated carbocycles. The first kappa shape index (κ1) is 15.2. The van der Waals surface area contributed by atoms with Crippen molar-refractivity contribution >= 4 is 11.6 Å². The summed E-state index contributed by atoms with van der Waals surface area (Å²) < 4.78 is 5.30. The minimum absolute atomic E-state index is 0.0676. The third kappa shape index (κ3) is 6.58. The first-order valence-corrected chi connectivity index (χ1v) is 6.49. The van der Waals surface area contributed by atoms with Crippen LogP contribution in [0, 0.1) is 17.2 Å². The van der Waals surface area contributed by atoms with Crippen LogP contribution in [0.3, 0.4) is 0 Å². The molecule has 0 fully saturated rings. The van der Waals surface area contributed by atoms with Crippen LogP contribution >= 0.6 is 0 Å². The highest BCUT2D eigenvalue weighted by Crippen LogP contribution is 2.08. The van der Waals surface area contributed by atoms with E-state index in [1.807, 2.05) is 6.07 Å². The van der Waals surface area contributed by atoms with E-state index in [1.54, 1.807) is 24.3 Å². The third-order valence-electron chi connectivity index (χ3n) is 2.60. The predicted molar refractivity (Wildman–Crippen MR) is 74.7 cm³/mol. The Morgan fingerprint density at radius 3 is 2.63 bits per heavy atom. The van der Waals surface area contributed by atoms with E-state index in [-0.39, 0.29) is 12.5 Å². The van der Waals surface area contributed by atoms with Crippen molar-refractivity contribution in [1.29, 1.82) is 5.26 Å². The Hall–Kier alpha value is -1.86. The number of carbonyl (C=O) groups is 1. The van der Waals surface area contributed by atoms with Gasteiger partial charge in [0.1, 0.15) is 6.61 Å². The van der Waals surface area contributed by atoms with E-state index in [1.165, 1.54) is 0 Å². The monoisotopic (exact) mass is 260 g/mol. The van der Waals surface area contributed by atoms with Crippen LogP contribution in [-0.4, -0.2) is 19.1 Å². The summed E-state index contributed by atoms with van der Waals surface area (Å²) in [5, 5.41) is 11.4. The highest BCUT2D eigenvalue weighted by Gasteiger charge is 2.02. The van der Waals surface area contributed by atoms with E-state index in [0.717, 1.165) is 12.8 Å². The highest BCUT2D eigenvalue weighted by atomic mass is 16.5. The number of hydrogen-bond acceptors (Lipinski definition) is 3. The molecule has 4 nitrogen and oxygen atoms in total. The number of rotatable bonds is 7. The maximum absolute atomic E-state index is 11.6. The molecule has 0 unspecified atom stereocenters. The molecule has 19 heavy (non-hydrogen) atoms. The van der Waals surface area contributed by atoms with E-state index in [9.17, 15) is 4.79 Å². The molecule has 0 radical (unpaired) electrons. The van der Waals surface area contributed by atoms with Crippen molar-refractivity contribution in [2.24, 2.45) is 5.92 Å². The minimum Gasteiger partial charge on any atom is -0.372 e. The predicted octanol–water partition coefficient (Wildman–Crippen LogP) is 2.95. The summed E-state index contributed by atoms with van der Waals surface area (Å²) in [6, 6.07) is 8.77. The summed E-state index contributed by atoms with van der Waals surface area (Å²) in [7, 11) is 0. The van der Waals surface area contributed by atoms with Crippen LogP contribution in [0.25, 0.3) is 0 Å². The molecule has 0 aliphatic carbocycles. The van der Waals surface area contributed by atoms with Crippen LogP contribution in [0.15, 0.2) is 24.3 Å². The second-order valence-electron chi connectivity index (χ2n) is 4.83. The largest absolute Gasteiger partial charge is 0.372 e. The molecule has 0 bridgehead atoms. The molecule has 1 N–H and O–H groups in total. The summed E-state index contributed by atoms with van der Waals surface area (Å²) in [4.78, 5) is 11.6. The first-order valence-electron chi connectivity index (χ1n) is 6.49. The maximum Gasteiger partial charge on any atom is 0.250 e. The molecule has 0 aliphatic rings. The standard InChI is InChI=1S/C15H20N2O2/c1-12(2)4-3-9-19-11-15(18)17-14-7-5-13(10-16)6-8-14/h5-8,12H,3-4,9,11H2,1-2H3,(H,17,18). The number of nitrogens with one attached hydrogen (secondary N) is 1. The van der Waals surface area contributed by atoms with Gasteiger partial charge in [0.2, 0.25) is 5.91 Å². The Morgan fingerprint density at radius 1 is 1.37 bits per heavy atom. The SMILES string of the molecule is CC(C)CCCOCC(=O)Nc1ccc(C#N)cc1. The molecule has 0 saturated heterocycles. The summed E-state index contributed by atoms with van der Waals surface area (Å²) >= 11 is 0. The number of hydrogen-bond donors (Lipinski definition) is 1. The molecule has 1 amide bonds. The second kappa shape index (κ2) is 8.28. The number of anilines is 1. The van der Waals surface area contributed by atoms with Crippen LogP contribution in [0.2, 0.25) is 0 Å². The van der Waals surface area contributed by atoms with Crippen molar-refractivity contribution in [1.82, 2.24) is 0 Å². The fourth-order valence-electron chi connectivity index (χ4n) is 1.58. The van der Waals surface area contributed by atoms with Crippen LogP contribution in [0.1, 0.15) is 32.3 Å². The van der Waals surface area contributed by atoms with Crippen molar-refractivity contribution in [2.75, 3.05) is 18.5 Å². The fraction of sp³-hybridized carbons (Fsp3) is 0.467. The smallest absolute Gasteiger partial charge is 0.250 e. The molecule has 0 spiro atoms. The Labute approximate surface area is 114 Å². The van der Waals surface area contributed by atoms with Crippen molar-refractivity contribution < 1.29 is 9.53 Å². The Morgan fingerprint density at radius 2 is 2.05 bits per heavy atom. The molecule has 1 aromatic rings. The summed E-state index contributed by atoms with van der Waals surface area (Å²) in [5.74, 6) is 0.491. The van der Waals surface area contributed by atoms with Crippen molar-refractivity contribution in [3.05, 3.63) is 29.8 Å². The van der Waals surface area contributed by atoms with E-state index in [4.69, 9.17) is 10.00 Å². The molecular formula is C15H20N2O2. The molecule has 1 rings (SSSR count). The minimum atomic E-state index is -0.172. The number of carbonyl (C=O) groups excluding carboxylic acids is 1. The lowest BCUT2D eigenvalue weighted by Crippen LogP contribution is -2.18. The van der Waals surface area contributed by atoms with E-state index < -0.39 is 0 Å². The maximum atomic E-state index is 11.6. The molecule has 102 valence electrons. The van der Waals surface area contributed by atoms with Crippen LogP contribution in [0.5, 0.6) is 0 Å². The Balaban J connectivity index is 2.22. The van der Waals surface area contributed by atoms with Crippen molar-refractivity contribution in [3.63, 3.8) is 0 Å². The van der Waals surface area contributed by atoms with Crippen LogP contribution < -0.4 is 5.32 Å². The lowest BCUT2D eigenvalue weighted by Gasteiger charge is -2.07. The molecular weight excluding hydrogens is 240 g/mol. The lowest BCUT2D eigenvalue weighted by atomic mass is 10.1. The van der Waals surface area contributed by atoms with Gasteiger partial charge < -0.3 is 10.1 Å². The van der Waals surface area contributed by atoms with Crippen molar-refractivity contribution in [2.45, 2.75) is 26.7 Å². The zero-order valence-electron chi connectivity index (χ0n) is 11.5. The number of benzene rings is 1. The summed E-state index contributed by atoms with van der Waals surface area (Å²) in [5.41, 5.74) is 1.25. The van der Waals surface area contributed by atoms with Gasteiger partial charge in [-0.15, -0.1) is 0 Å². The molecule has 0 atom stereocenters. The Bertz CT molecular complexity index is 432. The fourth-order valence-corrected chi connectivity index (χ4v) is 1.58. The van der Waals surface area contributed by atoms with Gasteiger partial charge in [0.25, 0.3) is 0 Å². The van der Waals surface area contributed by atoms with Gasteiger partial charge in [-0.2, -0.15) is 5.26 Å². The van der Waals surface area contributed by atoms with Crippen molar-refractivity contribution in [3.8, 4) is 6.07 Å². The molecule has 1 aromatic carbocycles. The van der Waals surface area contributed by atoms with Gasteiger partial charge in [-0.25, -0.2) is 0 Å². The zero-order chi connectivity index (χ0) is 14.1. The molecule has 0 heterocycles. The van der Waals surface area contributed by atoms with Gasteiger partial charge in [-0.05, 0) is 43.0 Å². The Kier molecular flexibility index (Phi) is 6.62. The highest BCUT2D eigenvalue weighted by molar-refractivity contribution is 5.91. The van der Waals surface area contributed by atoms with Gasteiger partial charge >= 0.3 is 0 Å².